The van der Waals surface area contributed by atoms with E-state index < -0.39 is 5.41 Å². The lowest BCUT2D eigenvalue weighted by Crippen LogP contribution is -2.49. The average Bonchev–Trinajstić information content (AvgIpc) is 2.99. The monoisotopic (exact) mass is 271 g/mol. The van der Waals surface area contributed by atoms with Gasteiger partial charge < -0.3 is 4.98 Å². The van der Waals surface area contributed by atoms with E-state index in [-0.39, 0.29) is 11.8 Å². The molecule has 0 atom stereocenters. The van der Waals surface area contributed by atoms with Crippen LogP contribution in [0.4, 0.5) is 0 Å². The summed E-state index contributed by atoms with van der Waals surface area (Å²) >= 11 is 0. The quantitative estimate of drug-likeness (QED) is 0.744. The van der Waals surface area contributed by atoms with E-state index >= 15 is 0 Å². The predicted octanol–water partition coefficient (Wildman–Crippen LogP) is 1.75. The maximum absolute atomic E-state index is 12.2. The summed E-state index contributed by atoms with van der Waals surface area (Å²) in [7, 11) is 0. The van der Waals surface area contributed by atoms with E-state index in [2.05, 4.69) is 15.8 Å². The number of hydrogen-bond acceptors (Lipinski definition) is 2. The number of H-pyrrole nitrogens is 1. The summed E-state index contributed by atoms with van der Waals surface area (Å²) in [6.07, 6.45) is 1.64. The van der Waals surface area contributed by atoms with Crippen LogP contribution < -0.4 is 10.9 Å². The summed E-state index contributed by atoms with van der Waals surface area (Å²) in [5.41, 5.74) is 5.38. The highest BCUT2D eigenvalue weighted by Crippen LogP contribution is 2.22. The number of rotatable bonds is 3. The molecule has 0 aliphatic heterocycles. The van der Waals surface area contributed by atoms with E-state index in [9.17, 15) is 9.59 Å². The second-order valence-electron chi connectivity index (χ2n) is 4.98. The third kappa shape index (κ3) is 2.88. The van der Waals surface area contributed by atoms with Gasteiger partial charge in [0.25, 0.3) is 5.91 Å². The van der Waals surface area contributed by atoms with E-state index in [4.69, 9.17) is 0 Å². The lowest BCUT2D eigenvalue weighted by Gasteiger charge is -2.24. The molecule has 3 N–H and O–H groups in total. The van der Waals surface area contributed by atoms with Gasteiger partial charge in [-0.1, -0.05) is 30.3 Å². The average molecular weight is 271 g/mol. The minimum Gasteiger partial charge on any atom is -0.357 e. The molecule has 0 unspecified atom stereocenters. The van der Waals surface area contributed by atoms with Gasteiger partial charge in [0.05, 0.1) is 5.41 Å². The molecular formula is C15H17N3O2. The van der Waals surface area contributed by atoms with Crippen molar-refractivity contribution in [3.63, 3.8) is 0 Å². The number of amides is 2. The molecule has 1 aromatic carbocycles. The number of carbonyl (C=O) groups excluding carboxylic acids is 2. The molecule has 104 valence electrons. The Morgan fingerprint density at radius 1 is 1.00 bits per heavy atom. The van der Waals surface area contributed by atoms with Crippen molar-refractivity contribution in [2.45, 2.75) is 19.3 Å². The second kappa shape index (κ2) is 5.61. The zero-order valence-corrected chi connectivity index (χ0v) is 11.4. The van der Waals surface area contributed by atoms with Gasteiger partial charge in [0.15, 0.2) is 0 Å². The largest absolute Gasteiger partial charge is 0.357 e. The van der Waals surface area contributed by atoms with Gasteiger partial charge in [0.1, 0.15) is 5.69 Å². The van der Waals surface area contributed by atoms with Crippen LogP contribution in [0.15, 0.2) is 48.7 Å². The third-order valence-electron chi connectivity index (χ3n) is 3.20. The van der Waals surface area contributed by atoms with Crippen LogP contribution in [-0.4, -0.2) is 16.8 Å². The van der Waals surface area contributed by atoms with E-state index in [1.54, 1.807) is 32.2 Å². The molecule has 0 saturated carbocycles. The Morgan fingerprint density at radius 3 is 2.30 bits per heavy atom. The second-order valence-corrected chi connectivity index (χ2v) is 4.98. The Kier molecular flexibility index (Phi) is 3.89. The number of benzene rings is 1. The molecule has 0 spiro atoms. The molecule has 0 aliphatic rings. The SMILES string of the molecule is CC(C)(C(=O)NNC(=O)c1ccc[nH]1)c1ccccc1. The number of nitrogens with one attached hydrogen (secondary N) is 3. The van der Waals surface area contributed by atoms with E-state index in [0.29, 0.717) is 5.69 Å². The van der Waals surface area contributed by atoms with Crippen LogP contribution in [0.3, 0.4) is 0 Å². The van der Waals surface area contributed by atoms with Crippen LogP contribution in [0, 0.1) is 0 Å². The van der Waals surface area contributed by atoms with Gasteiger partial charge in [-0.05, 0) is 31.5 Å². The standard InChI is InChI=1S/C15H17N3O2/c1-15(2,11-7-4-3-5-8-11)14(20)18-17-13(19)12-9-6-10-16-12/h3-10,16H,1-2H3,(H,17,19)(H,18,20). The summed E-state index contributed by atoms with van der Waals surface area (Å²) in [6, 6.07) is 12.8. The van der Waals surface area contributed by atoms with Crippen molar-refractivity contribution >= 4 is 11.8 Å². The molecule has 5 heteroatoms. The molecule has 20 heavy (non-hydrogen) atoms. The Balaban J connectivity index is 2.00. The van der Waals surface area contributed by atoms with Crippen molar-refractivity contribution in [2.75, 3.05) is 0 Å². The third-order valence-corrected chi connectivity index (χ3v) is 3.20. The highest BCUT2D eigenvalue weighted by molar-refractivity contribution is 5.95. The molecule has 0 radical (unpaired) electrons. The molecule has 0 fully saturated rings. The molecule has 2 aromatic rings. The first-order valence-electron chi connectivity index (χ1n) is 6.31. The molecule has 2 amide bonds. The molecule has 2 rings (SSSR count). The van der Waals surface area contributed by atoms with Crippen LogP contribution in [-0.2, 0) is 10.2 Å². The molecule has 5 nitrogen and oxygen atoms in total. The van der Waals surface area contributed by atoms with Crippen LogP contribution >= 0.6 is 0 Å². The fourth-order valence-corrected chi connectivity index (χ4v) is 1.79. The summed E-state index contributed by atoms with van der Waals surface area (Å²) in [6.45, 7) is 3.61. The first kappa shape index (κ1) is 13.9. The summed E-state index contributed by atoms with van der Waals surface area (Å²) in [5, 5.41) is 0. The predicted molar refractivity (Wildman–Crippen MR) is 75.9 cm³/mol. The van der Waals surface area contributed by atoms with Gasteiger partial charge in [0, 0.05) is 6.20 Å². The fourth-order valence-electron chi connectivity index (χ4n) is 1.79. The molecule has 1 aromatic heterocycles. The minimum absolute atomic E-state index is 0.274. The number of aromatic amines is 1. The Labute approximate surface area is 117 Å². The van der Waals surface area contributed by atoms with Crippen LogP contribution in [0.2, 0.25) is 0 Å². The summed E-state index contributed by atoms with van der Waals surface area (Å²) < 4.78 is 0. The van der Waals surface area contributed by atoms with Crippen LogP contribution in [0.1, 0.15) is 29.9 Å². The zero-order valence-electron chi connectivity index (χ0n) is 11.4. The highest BCUT2D eigenvalue weighted by atomic mass is 16.2. The molecule has 0 bridgehead atoms. The van der Waals surface area contributed by atoms with E-state index in [0.717, 1.165) is 5.56 Å². The first-order chi connectivity index (χ1) is 9.51. The van der Waals surface area contributed by atoms with Gasteiger partial charge in [-0.25, -0.2) is 0 Å². The van der Waals surface area contributed by atoms with Gasteiger partial charge in [-0.15, -0.1) is 0 Å². The van der Waals surface area contributed by atoms with Crippen molar-refractivity contribution in [2.24, 2.45) is 0 Å². The van der Waals surface area contributed by atoms with Crippen molar-refractivity contribution in [1.29, 1.82) is 0 Å². The number of carbonyl (C=O) groups is 2. The Bertz CT molecular complexity index is 589. The first-order valence-corrected chi connectivity index (χ1v) is 6.31. The van der Waals surface area contributed by atoms with Gasteiger partial charge in [-0.3, -0.25) is 20.4 Å². The number of aromatic nitrogens is 1. The normalized spacial score (nSPS) is 10.9. The number of hydrazine groups is 1. The Morgan fingerprint density at radius 2 is 1.70 bits per heavy atom. The number of hydrogen-bond donors (Lipinski definition) is 3. The molecule has 0 saturated heterocycles. The van der Waals surface area contributed by atoms with Crippen molar-refractivity contribution in [3.05, 3.63) is 59.9 Å². The van der Waals surface area contributed by atoms with Crippen molar-refractivity contribution in [3.8, 4) is 0 Å². The summed E-state index contributed by atoms with van der Waals surface area (Å²) in [4.78, 5) is 26.7. The molecule has 0 aliphatic carbocycles. The van der Waals surface area contributed by atoms with Crippen molar-refractivity contribution in [1.82, 2.24) is 15.8 Å². The molecular weight excluding hydrogens is 254 g/mol. The maximum Gasteiger partial charge on any atom is 0.286 e. The van der Waals surface area contributed by atoms with Crippen LogP contribution in [0.5, 0.6) is 0 Å². The van der Waals surface area contributed by atoms with Crippen LogP contribution in [0.25, 0.3) is 0 Å². The van der Waals surface area contributed by atoms with E-state index in [1.165, 1.54) is 0 Å². The van der Waals surface area contributed by atoms with E-state index in [1.807, 2.05) is 30.3 Å². The topological polar surface area (TPSA) is 74.0 Å². The van der Waals surface area contributed by atoms with Gasteiger partial charge in [-0.2, -0.15) is 0 Å². The minimum atomic E-state index is -0.732. The van der Waals surface area contributed by atoms with Gasteiger partial charge in [0.2, 0.25) is 5.91 Å². The molecule has 1 heterocycles. The Hall–Kier alpha value is -2.56. The maximum atomic E-state index is 12.2. The highest BCUT2D eigenvalue weighted by Gasteiger charge is 2.29. The van der Waals surface area contributed by atoms with Gasteiger partial charge >= 0.3 is 0 Å². The fraction of sp³-hybridized carbons (Fsp3) is 0.200. The smallest absolute Gasteiger partial charge is 0.286 e. The lowest BCUT2D eigenvalue weighted by atomic mass is 9.84. The van der Waals surface area contributed by atoms with Crippen molar-refractivity contribution < 1.29 is 9.59 Å². The summed E-state index contributed by atoms with van der Waals surface area (Å²) in [5.74, 6) is -0.657. The zero-order chi connectivity index (χ0) is 14.6. The lowest BCUT2D eigenvalue weighted by molar-refractivity contribution is -0.126.